The summed E-state index contributed by atoms with van der Waals surface area (Å²) in [6.07, 6.45) is 9.87. The summed E-state index contributed by atoms with van der Waals surface area (Å²) in [6, 6.07) is 2.00. The second-order valence-electron chi connectivity index (χ2n) is 4.72. The van der Waals surface area contributed by atoms with Crippen molar-refractivity contribution in [2.75, 3.05) is 0 Å². The Kier molecular flexibility index (Phi) is 5.41. The predicted molar refractivity (Wildman–Crippen MR) is 85.0 cm³/mol. The number of carbonyl (C=O) groups is 1. The molecular weight excluding hydrogens is 321 g/mol. The first-order valence-corrected chi connectivity index (χ1v) is 6.83. The highest BCUT2D eigenvalue weighted by molar-refractivity contribution is 6.35. The molecule has 0 atom stereocenters. The first-order valence-electron chi connectivity index (χ1n) is 6.83. The van der Waals surface area contributed by atoms with Crippen LogP contribution in [0.25, 0.3) is 5.76 Å². The van der Waals surface area contributed by atoms with Gasteiger partial charge in [0, 0.05) is 19.1 Å². The van der Waals surface area contributed by atoms with Gasteiger partial charge in [-0.1, -0.05) is 30.4 Å². The van der Waals surface area contributed by atoms with Crippen LogP contribution in [-0.2, 0) is 4.79 Å². The van der Waals surface area contributed by atoms with E-state index in [9.17, 15) is 23.6 Å². The fourth-order valence-corrected chi connectivity index (χ4v) is 2.01. The normalized spacial score (nSPS) is 13.1. The number of aliphatic hydroxyl groups excluding tert-OH is 1. The maximum absolute atomic E-state index is 12.6. The molecule has 0 amide bonds. The molecule has 8 heteroatoms. The third kappa shape index (κ3) is 4.48. The number of hydrogen-bond acceptors (Lipinski definition) is 5. The standard InChI is InChI=1S/C16H13BF2O5/c1-10(20)23-12-8-14(22)16(15(9-12)24-17(18)19)13(21)7-6-11-4-2-3-5-11/h2-9,21-22H,1H3. The Hall–Kier alpha value is -3.03. The Bertz CT molecular complexity index is 752. The van der Waals surface area contributed by atoms with Crippen LogP contribution < -0.4 is 9.39 Å². The molecule has 0 heterocycles. The van der Waals surface area contributed by atoms with Gasteiger partial charge in [0.2, 0.25) is 0 Å². The van der Waals surface area contributed by atoms with Crippen LogP contribution in [0.1, 0.15) is 12.5 Å². The van der Waals surface area contributed by atoms with Crippen LogP contribution in [0.5, 0.6) is 17.2 Å². The summed E-state index contributed by atoms with van der Waals surface area (Å²) in [5.74, 6) is -2.47. The Labute approximate surface area is 137 Å². The second-order valence-corrected chi connectivity index (χ2v) is 4.72. The van der Waals surface area contributed by atoms with Crippen molar-refractivity contribution in [3.8, 4) is 17.2 Å². The molecule has 124 valence electrons. The second kappa shape index (κ2) is 7.50. The van der Waals surface area contributed by atoms with Gasteiger partial charge in [-0.15, -0.1) is 0 Å². The molecule has 24 heavy (non-hydrogen) atoms. The van der Waals surface area contributed by atoms with Crippen LogP contribution in [0.3, 0.4) is 0 Å². The maximum atomic E-state index is 12.6. The van der Waals surface area contributed by atoms with Gasteiger partial charge in [-0.25, -0.2) is 8.63 Å². The molecule has 2 rings (SSSR count). The SMILES string of the molecule is CC(=O)Oc1cc(O)c(C(O)=CC=C2C=CC=C2)c(OB(F)F)c1. The van der Waals surface area contributed by atoms with E-state index in [1.165, 1.54) is 12.2 Å². The van der Waals surface area contributed by atoms with Crippen molar-refractivity contribution in [1.29, 1.82) is 0 Å². The average Bonchev–Trinajstić information content (AvgIpc) is 2.96. The predicted octanol–water partition coefficient (Wildman–Crippen LogP) is 3.57. The summed E-state index contributed by atoms with van der Waals surface area (Å²) in [4.78, 5) is 11.0. The van der Waals surface area contributed by atoms with Crippen LogP contribution in [-0.4, -0.2) is 23.7 Å². The van der Waals surface area contributed by atoms with Gasteiger partial charge >= 0.3 is 13.4 Å². The molecule has 1 aliphatic carbocycles. The molecule has 0 unspecified atom stereocenters. The number of esters is 1. The van der Waals surface area contributed by atoms with Crippen LogP contribution in [0.2, 0.25) is 0 Å². The van der Waals surface area contributed by atoms with E-state index in [2.05, 4.69) is 4.65 Å². The highest BCUT2D eigenvalue weighted by atomic mass is 19.2. The zero-order valence-electron chi connectivity index (χ0n) is 12.6. The van der Waals surface area contributed by atoms with E-state index >= 15 is 0 Å². The third-order valence-electron chi connectivity index (χ3n) is 2.91. The summed E-state index contributed by atoms with van der Waals surface area (Å²) in [7, 11) is -3.19. The Morgan fingerprint density at radius 2 is 1.92 bits per heavy atom. The molecule has 0 saturated carbocycles. The van der Waals surface area contributed by atoms with E-state index in [0.29, 0.717) is 0 Å². The van der Waals surface area contributed by atoms with E-state index in [4.69, 9.17) is 4.74 Å². The van der Waals surface area contributed by atoms with Crippen LogP contribution in [0.15, 0.2) is 54.2 Å². The lowest BCUT2D eigenvalue weighted by Crippen LogP contribution is -2.11. The zero-order valence-corrected chi connectivity index (χ0v) is 12.6. The van der Waals surface area contributed by atoms with Crippen molar-refractivity contribution >= 4 is 19.2 Å². The van der Waals surface area contributed by atoms with Gasteiger partial charge in [0.1, 0.15) is 23.0 Å². The summed E-state index contributed by atoms with van der Waals surface area (Å²) >= 11 is 0. The molecule has 1 aromatic rings. The van der Waals surface area contributed by atoms with Gasteiger partial charge in [0.05, 0.1) is 5.56 Å². The fourth-order valence-electron chi connectivity index (χ4n) is 2.01. The molecule has 0 aromatic heterocycles. The van der Waals surface area contributed by atoms with E-state index in [1.54, 1.807) is 24.3 Å². The molecule has 2 N–H and O–H groups in total. The van der Waals surface area contributed by atoms with E-state index in [-0.39, 0.29) is 11.3 Å². The summed E-state index contributed by atoms with van der Waals surface area (Å²) in [6.45, 7) is 1.12. The number of rotatable bonds is 5. The summed E-state index contributed by atoms with van der Waals surface area (Å²) in [5.41, 5.74) is 0.433. The van der Waals surface area contributed by atoms with E-state index < -0.39 is 30.7 Å². The lowest BCUT2D eigenvalue weighted by atomic mass is 10.1. The van der Waals surface area contributed by atoms with Crippen molar-refractivity contribution in [3.05, 3.63) is 59.7 Å². The molecule has 0 aliphatic heterocycles. The summed E-state index contributed by atoms with van der Waals surface area (Å²) in [5, 5.41) is 20.1. The van der Waals surface area contributed by atoms with Crippen LogP contribution in [0, 0.1) is 0 Å². The topological polar surface area (TPSA) is 76.0 Å². The van der Waals surface area contributed by atoms with Gasteiger partial charge in [0.15, 0.2) is 0 Å². The highest BCUT2D eigenvalue weighted by Gasteiger charge is 2.24. The van der Waals surface area contributed by atoms with Gasteiger partial charge in [0.25, 0.3) is 0 Å². The van der Waals surface area contributed by atoms with Crippen molar-refractivity contribution in [3.63, 3.8) is 0 Å². The van der Waals surface area contributed by atoms with Crippen molar-refractivity contribution in [2.24, 2.45) is 0 Å². The Morgan fingerprint density at radius 3 is 2.50 bits per heavy atom. The molecule has 0 radical (unpaired) electrons. The van der Waals surface area contributed by atoms with Gasteiger partial charge in [-0.2, -0.15) is 0 Å². The number of carbonyl (C=O) groups excluding carboxylic acids is 1. The molecular formula is C16H13BF2O5. The minimum absolute atomic E-state index is 0.188. The van der Waals surface area contributed by atoms with Gasteiger partial charge in [-0.05, 0) is 11.6 Å². The molecule has 0 fully saturated rings. The van der Waals surface area contributed by atoms with Crippen LogP contribution >= 0.6 is 0 Å². The number of hydrogen-bond donors (Lipinski definition) is 2. The molecule has 0 saturated heterocycles. The lowest BCUT2D eigenvalue weighted by molar-refractivity contribution is -0.131. The lowest BCUT2D eigenvalue weighted by Gasteiger charge is -2.13. The monoisotopic (exact) mass is 334 g/mol. The van der Waals surface area contributed by atoms with Crippen molar-refractivity contribution in [2.45, 2.75) is 6.92 Å². The molecule has 1 aliphatic rings. The number of phenols is 1. The number of aromatic hydroxyl groups is 1. The quantitative estimate of drug-likeness (QED) is 0.373. The number of halogens is 2. The highest BCUT2D eigenvalue weighted by Crippen LogP contribution is 2.38. The first-order chi connectivity index (χ1) is 11.4. The maximum Gasteiger partial charge on any atom is 0.796 e. The molecule has 0 spiro atoms. The Balaban J connectivity index is 2.44. The fraction of sp³-hybridized carbons (Fsp3) is 0.0625. The Morgan fingerprint density at radius 1 is 1.25 bits per heavy atom. The van der Waals surface area contributed by atoms with E-state index in [0.717, 1.165) is 24.6 Å². The van der Waals surface area contributed by atoms with Gasteiger partial charge in [-0.3, -0.25) is 4.79 Å². The number of benzene rings is 1. The number of phenolic OH excluding ortho intramolecular Hbond substituents is 1. The molecule has 0 bridgehead atoms. The van der Waals surface area contributed by atoms with Crippen molar-refractivity contribution in [1.82, 2.24) is 0 Å². The number of allylic oxidation sites excluding steroid dienone is 7. The average molecular weight is 334 g/mol. The number of aliphatic hydroxyl groups is 1. The minimum Gasteiger partial charge on any atom is -0.507 e. The van der Waals surface area contributed by atoms with E-state index in [1.807, 2.05) is 0 Å². The van der Waals surface area contributed by atoms with Gasteiger partial charge < -0.3 is 19.6 Å². The first kappa shape index (κ1) is 17.3. The zero-order chi connectivity index (χ0) is 17.7. The van der Waals surface area contributed by atoms with Crippen LogP contribution in [0.4, 0.5) is 8.63 Å². The largest absolute Gasteiger partial charge is 0.796 e. The molecule has 5 nitrogen and oxygen atoms in total. The molecule has 1 aromatic carbocycles. The smallest absolute Gasteiger partial charge is 0.507 e. The number of ether oxygens (including phenoxy) is 1. The minimum atomic E-state index is -3.19. The third-order valence-corrected chi connectivity index (χ3v) is 2.91. The van der Waals surface area contributed by atoms with Crippen molar-refractivity contribution < 1.29 is 33.0 Å². The summed E-state index contributed by atoms with van der Waals surface area (Å²) < 4.78 is 34.2.